The molecule has 8 nitrogen and oxygen atoms in total. The molecule has 0 aliphatic heterocycles. The van der Waals surface area contributed by atoms with Gasteiger partial charge in [-0.2, -0.15) is 5.10 Å². The van der Waals surface area contributed by atoms with Crippen LogP contribution in [0.4, 0.5) is 10.2 Å². The van der Waals surface area contributed by atoms with E-state index in [0.717, 1.165) is 6.92 Å². The van der Waals surface area contributed by atoms with E-state index >= 15 is 0 Å². The second-order valence-electron chi connectivity index (χ2n) is 4.36. The van der Waals surface area contributed by atoms with Gasteiger partial charge < -0.3 is 9.73 Å². The maximum Gasteiger partial charge on any atom is 0.259 e. The van der Waals surface area contributed by atoms with Crippen molar-refractivity contribution in [3.63, 3.8) is 0 Å². The molecule has 0 radical (unpaired) electrons. The lowest BCUT2D eigenvalue weighted by Crippen LogP contribution is -2.22. The van der Waals surface area contributed by atoms with Crippen LogP contribution in [0.15, 0.2) is 41.5 Å². The van der Waals surface area contributed by atoms with E-state index in [4.69, 9.17) is 4.42 Å². The Kier molecular flexibility index (Phi) is 3.60. The molecule has 1 unspecified atom stereocenters. The Morgan fingerprint density at radius 3 is 2.95 bits per heavy atom. The van der Waals surface area contributed by atoms with Gasteiger partial charge in [-0.15, -0.1) is 0 Å². The molecule has 0 aromatic carbocycles. The van der Waals surface area contributed by atoms with E-state index in [0.29, 0.717) is 11.6 Å². The number of aromatic nitrogens is 5. The van der Waals surface area contributed by atoms with E-state index in [-0.39, 0.29) is 11.6 Å². The van der Waals surface area contributed by atoms with Gasteiger partial charge in [0.05, 0.1) is 6.26 Å². The number of carbonyl (C=O) groups is 1. The molecular weight excluding hydrogens is 291 g/mol. The molecule has 3 rings (SSSR count). The molecule has 0 bridgehead atoms. The highest BCUT2D eigenvalue weighted by Crippen LogP contribution is 2.20. The number of hydrogen-bond donors (Lipinski definition) is 1. The van der Waals surface area contributed by atoms with Gasteiger partial charge in [0.25, 0.3) is 5.91 Å². The predicted octanol–water partition coefficient (Wildman–Crippen LogP) is 1.61. The molecule has 1 amide bonds. The molecule has 0 spiro atoms. The fourth-order valence-electron chi connectivity index (χ4n) is 1.68. The number of alkyl halides is 1. The standard InChI is InChI=1S/C13H11FN6O2/c1-8(14)13(21)18-10-5-11(20-7-15-6-16-20)19-12(17-10)9-3-2-4-22-9/h2-8H,1H3,(H,17,18,19,21). The van der Waals surface area contributed by atoms with E-state index < -0.39 is 12.1 Å². The summed E-state index contributed by atoms with van der Waals surface area (Å²) in [5.74, 6) is 0.348. The average Bonchev–Trinajstić information content (AvgIpc) is 3.20. The highest BCUT2D eigenvalue weighted by atomic mass is 19.1. The second-order valence-corrected chi connectivity index (χ2v) is 4.36. The summed E-state index contributed by atoms with van der Waals surface area (Å²) < 4.78 is 19.7. The van der Waals surface area contributed by atoms with E-state index in [2.05, 4.69) is 25.4 Å². The van der Waals surface area contributed by atoms with Crippen LogP contribution in [0, 0.1) is 0 Å². The lowest BCUT2D eigenvalue weighted by atomic mass is 10.3. The average molecular weight is 302 g/mol. The molecule has 3 aromatic heterocycles. The lowest BCUT2D eigenvalue weighted by molar-refractivity contribution is -0.120. The summed E-state index contributed by atoms with van der Waals surface area (Å²) in [7, 11) is 0. The summed E-state index contributed by atoms with van der Waals surface area (Å²) in [4.78, 5) is 23.8. The highest BCUT2D eigenvalue weighted by Gasteiger charge is 2.15. The molecule has 0 aliphatic carbocycles. The maximum atomic E-state index is 13.0. The van der Waals surface area contributed by atoms with E-state index in [1.807, 2.05) is 0 Å². The van der Waals surface area contributed by atoms with Gasteiger partial charge in [-0.05, 0) is 19.1 Å². The maximum absolute atomic E-state index is 13.0. The van der Waals surface area contributed by atoms with E-state index in [9.17, 15) is 9.18 Å². The predicted molar refractivity (Wildman–Crippen MR) is 73.9 cm³/mol. The Morgan fingerprint density at radius 1 is 1.45 bits per heavy atom. The Labute approximate surface area is 124 Å². The van der Waals surface area contributed by atoms with Crippen LogP contribution in [0.2, 0.25) is 0 Å². The largest absolute Gasteiger partial charge is 0.461 e. The Morgan fingerprint density at radius 2 is 2.32 bits per heavy atom. The smallest absolute Gasteiger partial charge is 0.259 e. The number of anilines is 1. The van der Waals surface area contributed by atoms with Crippen molar-refractivity contribution >= 4 is 11.7 Å². The summed E-state index contributed by atoms with van der Waals surface area (Å²) in [6, 6.07) is 4.81. The van der Waals surface area contributed by atoms with Crippen LogP contribution in [0.25, 0.3) is 17.4 Å². The zero-order chi connectivity index (χ0) is 15.5. The van der Waals surface area contributed by atoms with Gasteiger partial charge in [0.15, 0.2) is 23.6 Å². The molecule has 1 N–H and O–H groups in total. The molecule has 0 saturated heterocycles. The van der Waals surface area contributed by atoms with Crippen LogP contribution in [0.3, 0.4) is 0 Å². The van der Waals surface area contributed by atoms with Crippen molar-refractivity contribution in [3.8, 4) is 17.4 Å². The van der Waals surface area contributed by atoms with Crippen LogP contribution in [-0.2, 0) is 4.79 Å². The second kappa shape index (κ2) is 5.72. The number of furan rings is 1. The first kappa shape index (κ1) is 13.9. The number of halogens is 1. The molecule has 0 fully saturated rings. The number of nitrogens with zero attached hydrogens (tertiary/aromatic N) is 5. The van der Waals surface area contributed by atoms with E-state index in [1.165, 1.54) is 29.7 Å². The van der Waals surface area contributed by atoms with Crippen LogP contribution < -0.4 is 5.32 Å². The molecule has 22 heavy (non-hydrogen) atoms. The fourth-order valence-corrected chi connectivity index (χ4v) is 1.68. The van der Waals surface area contributed by atoms with Crippen LogP contribution >= 0.6 is 0 Å². The monoisotopic (exact) mass is 302 g/mol. The summed E-state index contributed by atoms with van der Waals surface area (Å²) in [5.41, 5.74) is 0. The van der Waals surface area contributed by atoms with Gasteiger partial charge in [0.2, 0.25) is 0 Å². The zero-order valence-corrected chi connectivity index (χ0v) is 11.5. The Bertz CT molecular complexity index is 717. The van der Waals surface area contributed by atoms with Crippen molar-refractivity contribution in [2.45, 2.75) is 13.1 Å². The Balaban J connectivity index is 2.04. The fraction of sp³-hybridized carbons (Fsp3) is 0.154. The van der Waals surface area contributed by atoms with Crippen molar-refractivity contribution in [1.82, 2.24) is 24.7 Å². The van der Waals surface area contributed by atoms with Crippen molar-refractivity contribution < 1.29 is 13.6 Å². The molecule has 112 valence electrons. The third kappa shape index (κ3) is 2.82. The third-order valence-corrected chi connectivity index (χ3v) is 2.72. The number of rotatable bonds is 4. The van der Waals surface area contributed by atoms with Crippen molar-refractivity contribution in [3.05, 3.63) is 37.1 Å². The molecule has 0 aliphatic rings. The first-order valence-electron chi connectivity index (χ1n) is 6.36. The van der Waals surface area contributed by atoms with Crippen molar-refractivity contribution in [2.24, 2.45) is 0 Å². The topological polar surface area (TPSA) is 98.7 Å². The van der Waals surface area contributed by atoms with Gasteiger partial charge in [0, 0.05) is 6.07 Å². The highest BCUT2D eigenvalue weighted by molar-refractivity contribution is 5.93. The summed E-state index contributed by atoms with van der Waals surface area (Å²) in [5, 5.41) is 6.34. The van der Waals surface area contributed by atoms with Gasteiger partial charge in [-0.3, -0.25) is 4.79 Å². The minimum Gasteiger partial charge on any atom is -0.461 e. The summed E-state index contributed by atoms with van der Waals surface area (Å²) in [6.07, 6.45) is 2.61. The van der Waals surface area contributed by atoms with Crippen LogP contribution in [0.1, 0.15) is 6.92 Å². The van der Waals surface area contributed by atoms with Gasteiger partial charge >= 0.3 is 0 Å². The number of hydrogen-bond acceptors (Lipinski definition) is 6. The van der Waals surface area contributed by atoms with Crippen LogP contribution in [0.5, 0.6) is 0 Å². The minimum absolute atomic E-state index is 0.140. The van der Waals surface area contributed by atoms with Gasteiger partial charge in [-0.1, -0.05) is 0 Å². The zero-order valence-electron chi connectivity index (χ0n) is 11.5. The molecule has 3 aromatic rings. The lowest BCUT2D eigenvalue weighted by Gasteiger charge is -2.08. The van der Waals surface area contributed by atoms with Crippen molar-refractivity contribution in [1.29, 1.82) is 0 Å². The minimum atomic E-state index is -1.66. The summed E-state index contributed by atoms with van der Waals surface area (Å²) in [6.45, 7) is 1.14. The quantitative estimate of drug-likeness (QED) is 0.786. The van der Waals surface area contributed by atoms with Gasteiger partial charge in [0.1, 0.15) is 18.5 Å². The first-order valence-corrected chi connectivity index (χ1v) is 6.36. The third-order valence-electron chi connectivity index (χ3n) is 2.72. The van der Waals surface area contributed by atoms with Crippen LogP contribution in [-0.4, -0.2) is 36.8 Å². The molecule has 3 heterocycles. The molecule has 0 saturated carbocycles. The number of carbonyl (C=O) groups excluding carboxylic acids is 1. The molecule has 9 heteroatoms. The van der Waals surface area contributed by atoms with E-state index in [1.54, 1.807) is 12.1 Å². The molecule has 1 atom stereocenters. The first-order chi connectivity index (χ1) is 10.6. The van der Waals surface area contributed by atoms with Crippen molar-refractivity contribution in [2.75, 3.05) is 5.32 Å². The van der Waals surface area contributed by atoms with Gasteiger partial charge in [-0.25, -0.2) is 24.0 Å². The normalized spacial score (nSPS) is 12.1. The number of amides is 1. The summed E-state index contributed by atoms with van der Waals surface area (Å²) >= 11 is 0. The molecular formula is C13H11FN6O2. The Hall–Kier alpha value is -3.10. The number of nitrogens with one attached hydrogen (secondary N) is 1. The SMILES string of the molecule is CC(F)C(=O)Nc1cc(-n2cncn2)nc(-c2ccco2)n1.